The van der Waals surface area contributed by atoms with E-state index in [9.17, 15) is 0 Å². The largest absolute Gasteiger partial charge is 0.454 e. The van der Waals surface area contributed by atoms with E-state index in [1.165, 1.54) is 4.90 Å². The van der Waals surface area contributed by atoms with E-state index in [1.807, 2.05) is 0 Å². The molecule has 0 unspecified atom stereocenters. The number of benzene rings is 1. The third-order valence-corrected chi connectivity index (χ3v) is 2.32. The zero-order valence-electron chi connectivity index (χ0n) is 9.30. The lowest BCUT2D eigenvalue weighted by Crippen LogP contribution is -2.42. The Morgan fingerprint density at radius 3 is 2.88 bits per heavy atom. The second kappa shape index (κ2) is 4.20. The van der Waals surface area contributed by atoms with Crippen LogP contribution in [0.25, 0.3) is 0 Å². The molecule has 0 saturated carbocycles. The molecule has 1 aromatic carbocycles. The monoisotopic (exact) mass is 235 g/mol. The molecule has 0 aliphatic carbocycles. The maximum Gasteiger partial charge on any atom is 0.231 e. The molecule has 1 aliphatic rings. The zero-order valence-corrected chi connectivity index (χ0v) is 9.30. The Kier molecular flexibility index (Phi) is 2.73. The van der Waals surface area contributed by atoms with Crippen LogP contribution in [0.1, 0.15) is 0 Å². The summed E-state index contributed by atoms with van der Waals surface area (Å²) in [7, 11) is 1.56. The number of ether oxygens (including phenoxy) is 2. The van der Waals surface area contributed by atoms with Gasteiger partial charge in [-0.25, -0.2) is 4.99 Å². The first-order valence-corrected chi connectivity index (χ1v) is 4.90. The Morgan fingerprint density at radius 1 is 1.41 bits per heavy atom. The highest BCUT2D eigenvalue weighted by atomic mass is 16.7. The van der Waals surface area contributed by atoms with Crippen molar-refractivity contribution in [3.8, 4) is 11.5 Å². The number of nitrogens with two attached hydrogens (primary N) is 2. The van der Waals surface area contributed by atoms with Gasteiger partial charge in [0.05, 0.1) is 0 Å². The van der Waals surface area contributed by atoms with Crippen LogP contribution in [-0.2, 0) is 0 Å². The minimum absolute atomic E-state index is 0.112. The van der Waals surface area contributed by atoms with E-state index >= 15 is 0 Å². The fourth-order valence-electron chi connectivity index (χ4n) is 1.32. The fourth-order valence-corrected chi connectivity index (χ4v) is 1.32. The van der Waals surface area contributed by atoms with Crippen molar-refractivity contribution < 1.29 is 9.47 Å². The van der Waals surface area contributed by atoms with Gasteiger partial charge in [0.2, 0.25) is 12.8 Å². The summed E-state index contributed by atoms with van der Waals surface area (Å²) >= 11 is 0. The third-order valence-electron chi connectivity index (χ3n) is 2.32. The summed E-state index contributed by atoms with van der Waals surface area (Å²) in [5, 5.41) is 7.24. The smallest absolute Gasteiger partial charge is 0.231 e. The zero-order chi connectivity index (χ0) is 12.4. The Morgan fingerprint density at radius 2 is 2.18 bits per heavy atom. The second-order valence-electron chi connectivity index (χ2n) is 3.43. The minimum Gasteiger partial charge on any atom is -0.454 e. The van der Waals surface area contributed by atoms with Crippen LogP contribution in [0.5, 0.6) is 11.5 Å². The average molecular weight is 235 g/mol. The fraction of sp³-hybridized carbons (Fsp3) is 0.200. The van der Waals surface area contributed by atoms with Crippen molar-refractivity contribution in [1.82, 2.24) is 4.90 Å². The van der Waals surface area contributed by atoms with E-state index in [1.54, 1.807) is 25.2 Å². The van der Waals surface area contributed by atoms with Crippen LogP contribution in [0.4, 0.5) is 5.69 Å². The number of hydrogen-bond acceptors (Lipinski definition) is 4. The molecule has 0 bridgehead atoms. The van der Waals surface area contributed by atoms with Crippen molar-refractivity contribution in [2.24, 2.45) is 16.5 Å². The lowest BCUT2D eigenvalue weighted by Gasteiger charge is -2.15. The maximum atomic E-state index is 7.24. The lowest BCUT2D eigenvalue weighted by molar-refractivity contribution is 0.174. The molecule has 1 aliphatic heterocycles. The topological polar surface area (TPSA) is 110 Å². The summed E-state index contributed by atoms with van der Waals surface area (Å²) in [4.78, 5) is 5.41. The summed E-state index contributed by atoms with van der Waals surface area (Å²) < 4.78 is 10.5. The summed E-state index contributed by atoms with van der Waals surface area (Å²) in [5.41, 5.74) is 11.5. The predicted octanol–water partition coefficient (Wildman–Crippen LogP) is 0.187. The van der Waals surface area contributed by atoms with Crippen LogP contribution in [0, 0.1) is 5.41 Å². The third kappa shape index (κ3) is 2.07. The Bertz CT molecular complexity index is 486. The molecule has 0 fully saturated rings. The van der Waals surface area contributed by atoms with E-state index in [2.05, 4.69) is 4.99 Å². The molecule has 0 saturated heterocycles. The van der Waals surface area contributed by atoms with E-state index < -0.39 is 0 Å². The first kappa shape index (κ1) is 11.1. The molecule has 17 heavy (non-hydrogen) atoms. The van der Waals surface area contributed by atoms with Crippen molar-refractivity contribution in [2.75, 3.05) is 13.8 Å². The molecule has 5 N–H and O–H groups in total. The Labute approximate surface area is 98.1 Å². The number of guanidine groups is 2. The van der Waals surface area contributed by atoms with Gasteiger partial charge in [0, 0.05) is 7.05 Å². The molecular weight excluding hydrogens is 222 g/mol. The molecule has 0 amide bonds. The van der Waals surface area contributed by atoms with Gasteiger partial charge in [-0.3, -0.25) is 10.3 Å². The number of nitrogens with one attached hydrogen (secondary N) is 1. The van der Waals surface area contributed by atoms with Crippen molar-refractivity contribution in [3.05, 3.63) is 18.2 Å². The quantitative estimate of drug-likeness (QED) is 0.475. The van der Waals surface area contributed by atoms with Crippen LogP contribution in [0.15, 0.2) is 23.2 Å². The van der Waals surface area contributed by atoms with Gasteiger partial charge < -0.3 is 20.9 Å². The normalized spacial score (nSPS) is 13.6. The van der Waals surface area contributed by atoms with Crippen LogP contribution in [-0.4, -0.2) is 30.7 Å². The van der Waals surface area contributed by atoms with Gasteiger partial charge in [0.25, 0.3) is 0 Å². The Balaban J connectivity index is 2.33. The van der Waals surface area contributed by atoms with Gasteiger partial charge >= 0.3 is 0 Å². The minimum atomic E-state index is -0.184. The van der Waals surface area contributed by atoms with E-state index in [0.29, 0.717) is 17.2 Å². The molecule has 0 aromatic heterocycles. The first-order chi connectivity index (χ1) is 8.09. The standard InChI is InChI=1S/C10H13N5O2/c1-15(9(11)12)10(13)14-6-3-2-4-7-8(6)17-5-16-7/h2-4H,5H2,1H3,(H3,11,12)(H2,13,14). The average Bonchev–Trinajstić information content (AvgIpc) is 2.76. The number of aliphatic imine (C=N–C) groups is 1. The van der Waals surface area contributed by atoms with Crippen LogP contribution in [0.3, 0.4) is 0 Å². The van der Waals surface area contributed by atoms with Crippen molar-refractivity contribution >= 4 is 17.6 Å². The number of para-hydroxylation sites is 1. The summed E-state index contributed by atoms with van der Waals surface area (Å²) in [6, 6.07) is 5.31. The van der Waals surface area contributed by atoms with Gasteiger partial charge in [0.15, 0.2) is 17.5 Å². The van der Waals surface area contributed by atoms with Gasteiger partial charge in [-0.2, -0.15) is 0 Å². The molecule has 0 radical (unpaired) electrons. The van der Waals surface area contributed by atoms with Crippen LogP contribution in [0.2, 0.25) is 0 Å². The molecule has 90 valence electrons. The molecule has 7 heteroatoms. The van der Waals surface area contributed by atoms with Crippen molar-refractivity contribution in [1.29, 1.82) is 5.41 Å². The van der Waals surface area contributed by atoms with Crippen LogP contribution < -0.4 is 20.9 Å². The molecule has 0 atom stereocenters. The molecular formula is C10H13N5O2. The maximum absolute atomic E-state index is 7.24. The van der Waals surface area contributed by atoms with Gasteiger partial charge in [-0.15, -0.1) is 0 Å². The van der Waals surface area contributed by atoms with E-state index in [4.69, 9.17) is 26.4 Å². The summed E-state index contributed by atoms with van der Waals surface area (Å²) in [5.74, 6) is 1.11. The summed E-state index contributed by atoms with van der Waals surface area (Å²) in [6.45, 7) is 0.171. The molecule has 0 spiro atoms. The van der Waals surface area contributed by atoms with E-state index in [-0.39, 0.29) is 18.7 Å². The highest BCUT2D eigenvalue weighted by Gasteiger charge is 2.17. The van der Waals surface area contributed by atoms with Gasteiger partial charge in [-0.1, -0.05) is 6.07 Å². The van der Waals surface area contributed by atoms with Gasteiger partial charge in [0.1, 0.15) is 5.69 Å². The number of rotatable bonds is 1. The predicted molar refractivity (Wildman–Crippen MR) is 63.5 cm³/mol. The molecule has 1 aromatic rings. The number of fused-ring (bicyclic) bond motifs is 1. The highest BCUT2D eigenvalue weighted by molar-refractivity contribution is 5.96. The van der Waals surface area contributed by atoms with Gasteiger partial charge in [-0.05, 0) is 12.1 Å². The Hall–Kier alpha value is -2.44. The molecule has 1 heterocycles. The number of nitrogens with zero attached hydrogens (tertiary/aromatic N) is 2. The van der Waals surface area contributed by atoms with Crippen molar-refractivity contribution in [3.63, 3.8) is 0 Å². The first-order valence-electron chi connectivity index (χ1n) is 4.90. The molecule has 2 rings (SSSR count). The SMILES string of the molecule is CN(C(=N)N)C(N)=Nc1cccc2c1OCO2. The van der Waals surface area contributed by atoms with Crippen LogP contribution >= 0.6 is 0 Å². The lowest BCUT2D eigenvalue weighted by atomic mass is 10.3. The summed E-state index contributed by atoms with van der Waals surface area (Å²) in [6.07, 6.45) is 0. The highest BCUT2D eigenvalue weighted by Crippen LogP contribution is 2.40. The van der Waals surface area contributed by atoms with E-state index in [0.717, 1.165) is 0 Å². The second-order valence-corrected chi connectivity index (χ2v) is 3.43. The molecule has 7 nitrogen and oxygen atoms in total. The van der Waals surface area contributed by atoms with Crippen molar-refractivity contribution in [2.45, 2.75) is 0 Å². The number of hydrogen-bond donors (Lipinski definition) is 3.